The molecule has 62 valence electrons. The molecule has 0 saturated carbocycles. The van der Waals surface area contributed by atoms with Gasteiger partial charge in [0.15, 0.2) is 0 Å². The number of nitrogens with zero attached hydrogens (tertiary/aromatic N) is 1. The van der Waals surface area contributed by atoms with E-state index >= 15 is 0 Å². The van der Waals surface area contributed by atoms with E-state index < -0.39 is 16.5 Å². The maximum absolute atomic E-state index is 4.88. The Morgan fingerprint density at radius 2 is 1.40 bits per heavy atom. The molecule has 1 rings (SSSR count). The second-order valence-electron chi connectivity index (χ2n) is 1.07. The first-order valence-corrected chi connectivity index (χ1v) is 7.72. The zero-order valence-electron chi connectivity index (χ0n) is 5.11. The largest absolute Gasteiger partial charge is 0.265 e. The van der Waals surface area contributed by atoms with Gasteiger partial charge in [-0.15, -0.1) is 0 Å². The van der Waals surface area contributed by atoms with Crippen molar-refractivity contribution in [3.63, 3.8) is 0 Å². The molecule has 5 heteroatoms. The molecule has 0 atom stereocenters. The van der Waals surface area contributed by atoms with Crippen molar-refractivity contribution in [2.24, 2.45) is 0 Å². The molecule has 2 nitrogen and oxygen atoms in total. The maximum Gasteiger partial charge on any atom is 0.0267 e. The molecule has 10 heavy (non-hydrogen) atoms. The Labute approximate surface area is 76.9 Å². The molecule has 0 bridgehead atoms. The van der Waals surface area contributed by atoms with E-state index in [4.69, 9.17) is 18.8 Å². The summed E-state index contributed by atoms with van der Waals surface area (Å²) in [7, 11) is 9.75. The van der Waals surface area contributed by atoms with Crippen molar-refractivity contribution in [3.05, 3.63) is 30.6 Å². The van der Waals surface area contributed by atoms with Gasteiger partial charge in [0.2, 0.25) is 0 Å². The summed E-state index contributed by atoms with van der Waals surface area (Å²) >= 11 is -0.472. The van der Waals surface area contributed by atoms with Gasteiger partial charge in [0.1, 0.15) is 0 Å². The monoisotopic (exact) mass is 361 g/mol. The number of rotatable bonds is 0. The van der Waals surface area contributed by atoms with Gasteiger partial charge in [0.05, 0.1) is 0 Å². The van der Waals surface area contributed by atoms with Crippen LogP contribution < -0.4 is 6.15 Å². The fourth-order valence-electron chi connectivity index (χ4n) is 0.313. The van der Waals surface area contributed by atoms with Gasteiger partial charge < -0.3 is 6.15 Å². The molecule has 0 spiro atoms. The first kappa shape index (κ1) is 13.0. The van der Waals surface area contributed by atoms with Crippen LogP contribution in [0.3, 0.4) is 0 Å². The molecular weight excluding hydrogens is 354 g/mol. The average Bonchev–Trinajstić information content (AvgIpc) is 1.93. The van der Waals surface area contributed by atoms with Gasteiger partial charge in [-0.05, 0) is 12.1 Å². The third kappa shape index (κ3) is 11.2. The van der Waals surface area contributed by atoms with E-state index in [9.17, 15) is 0 Å². The standard InChI is InChI=1S/C5H5N.2ClH.H3N.Pt/c1-2-4-6-5-3-1;;;;/h1-5H;2*1H;1H3;/q;;;;+2/p-2. The quantitative estimate of drug-likeness (QED) is 0.772. The van der Waals surface area contributed by atoms with Crippen LogP contribution in [-0.2, 0) is 16.5 Å². The van der Waals surface area contributed by atoms with Crippen molar-refractivity contribution < 1.29 is 16.5 Å². The molecule has 0 saturated heterocycles. The first-order valence-electron chi connectivity index (χ1n) is 2.09. The van der Waals surface area contributed by atoms with E-state index in [-0.39, 0.29) is 6.15 Å². The van der Waals surface area contributed by atoms with E-state index in [1.165, 1.54) is 0 Å². The maximum atomic E-state index is 4.88. The van der Waals surface area contributed by atoms with Crippen LogP contribution in [0.25, 0.3) is 0 Å². The summed E-state index contributed by atoms with van der Waals surface area (Å²) in [5.41, 5.74) is 0. The number of aromatic nitrogens is 1. The summed E-state index contributed by atoms with van der Waals surface area (Å²) in [6.07, 6.45) is 3.50. The fraction of sp³-hybridized carbons (Fsp3) is 0. The molecule has 1 aromatic heterocycles. The summed E-state index contributed by atoms with van der Waals surface area (Å²) in [5, 5.41) is 0. The third-order valence-electron chi connectivity index (χ3n) is 0.566. The molecule has 0 radical (unpaired) electrons. The van der Waals surface area contributed by atoms with Gasteiger partial charge in [-0.3, -0.25) is 4.98 Å². The van der Waals surface area contributed by atoms with Crippen LogP contribution in [-0.4, -0.2) is 4.98 Å². The van der Waals surface area contributed by atoms with Crippen LogP contribution in [0.1, 0.15) is 0 Å². The number of hydrogen-bond donors (Lipinski definition) is 1. The normalized spacial score (nSPS) is 7.00. The van der Waals surface area contributed by atoms with E-state index in [1.54, 1.807) is 12.4 Å². The van der Waals surface area contributed by atoms with Crippen LogP contribution in [0.15, 0.2) is 30.6 Å². The minimum atomic E-state index is -0.472. The average molecular weight is 362 g/mol. The van der Waals surface area contributed by atoms with Crippen molar-refractivity contribution >= 4 is 18.8 Å². The van der Waals surface area contributed by atoms with E-state index in [1.807, 2.05) is 18.2 Å². The van der Waals surface area contributed by atoms with Gasteiger partial charge in [0.25, 0.3) is 0 Å². The van der Waals surface area contributed by atoms with Gasteiger partial charge in [-0.25, -0.2) is 0 Å². The second-order valence-corrected chi connectivity index (χ2v) is 4.35. The Morgan fingerprint density at radius 1 is 1.00 bits per heavy atom. The number of hydrogen-bond acceptors (Lipinski definition) is 2. The topological polar surface area (TPSA) is 47.9 Å². The molecule has 0 aromatic carbocycles. The Hall–Kier alpha value is 0.378. The van der Waals surface area contributed by atoms with Gasteiger partial charge in [-0.2, -0.15) is 0 Å². The molecule has 3 N–H and O–H groups in total. The van der Waals surface area contributed by atoms with Gasteiger partial charge >= 0.3 is 35.3 Å². The number of pyridine rings is 1. The summed E-state index contributed by atoms with van der Waals surface area (Å²) in [4.78, 5) is 3.78. The molecule has 1 heterocycles. The van der Waals surface area contributed by atoms with Crippen LogP contribution in [0.2, 0.25) is 0 Å². The summed E-state index contributed by atoms with van der Waals surface area (Å²) < 4.78 is 0. The predicted molar refractivity (Wildman–Crippen MR) is 41.0 cm³/mol. The van der Waals surface area contributed by atoms with Crippen molar-refractivity contribution in [2.75, 3.05) is 0 Å². The molecule has 0 aliphatic rings. The Bertz CT molecular complexity index is 101. The Morgan fingerprint density at radius 3 is 1.50 bits per heavy atom. The SMILES string of the molecule is N.[Cl][Pt][Cl].c1ccncc1. The second kappa shape index (κ2) is 12.1. The Kier molecular flexibility index (Phi) is 15.7. The zero-order valence-corrected chi connectivity index (χ0v) is 8.90. The van der Waals surface area contributed by atoms with Crippen molar-refractivity contribution in [2.45, 2.75) is 0 Å². The van der Waals surface area contributed by atoms with E-state index in [0.717, 1.165) is 0 Å². The van der Waals surface area contributed by atoms with Crippen LogP contribution in [0.5, 0.6) is 0 Å². The van der Waals surface area contributed by atoms with Crippen molar-refractivity contribution in [1.82, 2.24) is 11.1 Å². The van der Waals surface area contributed by atoms with Gasteiger partial charge in [0, 0.05) is 12.4 Å². The third-order valence-corrected chi connectivity index (χ3v) is 0.566. The molecule has 0 aliphatic carbocycles. The summed E-state index contributed by atoms with van der Waals surface area (Å²) in [5.74, 6) is 0. The minimum Gasteiger partial charge on any atom is -0.265 e. The predicted octanol–water partition coefficient (Wildman–Crippen LogP) is 2.62. The summed E-state index contributed by atoms with van der Waals surface area (Å²) in [6, 6.07) is 5.72. The van der Waals surface area contributed by atoms with Crippen molar-refractivity contribution in [3.8, 4) is 0 Å². The van der Waals surface area contributed by atoms with Crippen molar-refractivity contribution in [1.29, 1.82) is 0 Å². The zero-order chi connectivity index (χ0) is 6.95. The molecule has 0 aliphatic heterocycles. The minimum absolute atomic E-state index is 0. The van der Waals surface area contributed by atoms with Crippen LogP contribution in [0, 0.1) is 0 Å². The summed E-state index contributed by atoms with van der Waals surface area (Å²) in [6.45, 7) is 0. The fourth-order valence-corrected chi connectivity index (χ4v) is 0.313. The van der Waals surface area contributed by atoms with Crippen LogP contribution in [0.4, 0.5) is 0 Å². The molecule has 1 aromatic rings. The van der Waals surface area contributed by atoms with Gasteiger partial charge in [-0.1, -0.05) is 6.07 Å². The molecule has 0 unspecified atom stereocenters. The molecule has 0 fully saturated rings. The Balaban J connectivity index is 0. The van der Waals surface area contributed by atoms with Crippen LogP contribution >= 0.6 is 18.8 Å². The smallest absolute Gasteiger partial charge is 0.0267 e. The van der Waals surface area contributed by atoms with E-state index in [0.29, 0.717) is 0 Å². The number of halogens is 2. The first-order chi connectivity index (χ1) is 4.41. The molecule has 0 amide bonds. The van der Waals surface area contributed by atoms with E-state index in [2.05, 4.69) is 4.98 Å². The molecular formula is C5H8Cl2N2Pt.